The van der Waals surface area contributed by atoms with Crippen molar-refractivity contribution in [3.05, 3.63) is 80.6 Å². The predicted octanol–water partition coefficient (Wildman–Crippen LogP) is 4.43. The highest BCUT2D eigenvalue weighted by atomic mass is 35.5. The Morgan fingerprint density at radius 3 is 2.48 bits per heavy atom. The lowest BCUT2D eigenvalue weighted by molar-refractivity contribution is 0.294. The summed E-state index contributed by atoms with van der Waals surface area (Å²) in [6.07, 6.45) is 1.57. The van der Waals surface area contributed by atoms with Gasteiger partial charge in [0.2, 0.25) is 11.3 Å². The second kappa shape index (κ2) is 7.07. The highest BCUT2D eigenvalue weighted by Crippen LogP contribution is 2.23. The first-order valence-corrected chi connectivity index (χ1v) is 8.06. The van der Waals surface area contributed by atoms with Crippen molar-refractivity contribution < 1.29 is 9.13 Å². The van der Waals surface area contributed by atoms with E-state index in [9.17, 15) is 9.18 Å². The molecule has 0 atom stereocenters. The number of halogens is 2. The number of benzene rings is 1. The molecule has 128 valence electrons. The van der Waals surface area contributed by atoms with Crippen LogP contribution in [0.4, 0.5) is 4.39 Å². The van der Waals surface area contributed by atoms with Crippen molar-refractivity contribution in [3.8, 4) is 17.0 Å². The molecule has 6 heteroatoms. The first-order valence-electron chi connectivity index (χ1n) is 7.68. The minimum atomic E-state index is -0.288. The Labute approximate surface area is 149 Å². The van der Waals surface area contributed by atoms with Gasteiger partial charge >= 0.3 is 0 Å². The zero-order chi connectivity index (χ0) is 18.0. The molecular weight excluding hydrogens is 343 g/mol. The van der Waals surface area contributed by atoms with Crippen LogP contribution in [0.3, 0.4) is 0 Å². The number of H-pyrrole nitrogens is 1. The molecule has 0 amide bonds. The summed E-state index contributed by atoms with van der Waals surface area (Å²) < 4.78 is 18.5. The summed E-state index contributed by atoms with van der Waals surface area (Å²) in [6.45, 7) is 3.85. The normalized spacial score (nSPS) is 10.7. The van der Waals surface area contributed by atoms with E-state index in [-0.39, 0.29) is 22.9 Å². The highest BCUT2D eigenvalue weighted by molar-refractivity contribution is 6.31. The Hall–Kier alpha value is -2.66. The van der Waals surface area contributed by atoms with Gasteiger partial charge in [0.15, 0.2) is 0 Å². The van der Waals surface area contributed by atoms with Crippen LogP contribution in [0, 0.1) is 19.7 Å². The molecule has 0 bridgehead atoms. The summed E-state index contributed by atoms with van der Waals surface area (Å²) >= 11 is 6.05. The molecule has 2 heterocycles. The van der Waals surface area contributed by atoms with Crippen LogP contribution in [0.1, 0.15) is 17.0 Å². The lowest BCUT2D eigenvalue weighted by Crippen LogP contribution is -2.11. The summed E-state index contributed by atoms with van der Waals surface area (Å²) in [5.41, 5.74) is 3.14. The fourth-order valence-corrected chi connectivity index (χ4v) is 2.69. The van der Waals surface area contributed by atoms with E-state index in [2.05, 4.69) is 9.97 Å². The maximum Gasteiger partial charge on any atom is 0.213 e. The fourth-order valence-electron chi connectivity index (χ4n) is 2.55. The zero-order valence-electron chi connectivity index (χ0n) is 13.8. The molecule has 0 radical (unpaired) electrons. The van der Waals surface area contributed by atoms with Gasteiger partial charge in [-0.2, -0.15) is 0 Å². The van der Waals surface area contributed by atoms with Gasteiger partial charge in [-0.05, 0) is 37.6 Å². The van der Waals surface area contributed by atoms with E-state index in [1.165, 1.54) is 12.1 Å². The summed E-state index contributed by atoms with van der Waals surface area (Å²) in [5.74, 6) is 0.129. The number of hydrogen-bond donors (Lipinski definition) is 1. The largest absolute Gasteiger partial charge is 0.473 e. The molecule has 0 fully saturated rings. The van der Waals surface area contributed by atoms with Gasteiger partial charge in [0, 0.05) is 29.2 Å². The number of hydrogen-bond acceptors (Lipinski definition) is 3. The van der Waals surface area contributed by atoms with Gasteiger partial charge in [-0.25, -0.2) is 9.37 Å². The molecular formula is C19H16ClFN2O2. The van der Waals surface area contributed by atoms with E-state index in [0.29, 0.717) is 22.7 Å². The number of nitrogens with zero attached hydrogens (tertiary/aromatic N) is 1. The molecule has 2 aromatic heterocycles. The van der Waals surface area contributed by atoms with Crippen molar-refractivity contribution in [2.75, 3.05) is 0 Å². The predicted molar refractivity (Wildman–Crippen MR) is 95.5 cm³/mol. The Bertz CT molecular complexity index is 951. The molecule has 0 spiro atoms. The van der Waals surface area contributed by atoms with Crippen LogP contribution in [0.25, 0.3) is 11.1 Å². The maximum atomic E-state index is 12.9. The van der Waals surface area contributed by atoms with Crippen LogP contribution >= 0.6 is 11.6 Å². The molecule has 0 saturated heterocycles. The molecule has 0 unspecified atom stereocenters. The third-order valence-electron chi connectivity index (χ3n) is 3.83. The summed E-state index contributed by atoms with van der Waals surface area (Å²) in [6, 6.07) is 9.51. The second-order valence-corrected chi connectivity index (χ2v) is 6.07. The summed E-state index contributed by atoms with van der Waals surface area (Å²) in [7, 11) is 0. The summed E-state index contributed by atoms with van der Waals surface area (Å²) in [4.78, 5) is 19.7. The Morgan fingerprint density at radius 1 is 1.12 bits per heavy atom. The molecule has 0 aliphatic rings. The molecule has 1 N–H and O–H groups in total. The number of aromatic amines is 1. The third-order valence-corrected chi connectivity index (χ3v) is 4.29. The monoisotopic (exact) mass is 358 g/mol. The average molecular weight is 359 g/mol. The van der Waals surface area contributed by atoms with Crippen LogP contribution in [0.5, 0.6) is 5.88 Å². The number of aromatic nitrogens is 2. The lowest BCUT2D eigenvalue weighted by atomic mass is 10.1. The van der Waals surface area contributed by atoms with Gasteiger partial charge in [-0.3, -0.25) is 4.79 Å². The number of rotatable bonds is 4. The first kappa shape index (κ1) is 17.2. The maximum absolute atomic E-state index is 12.9. The van der Waals surface area contributed by atoms with Crippen molar-refractivity contribution in [3.63, 3.8) is 0 Å². The van der Waals surface area contributed by atoms with Crippen LogP contribution < -0.4 is 10.2 Å². The zero-order valence-corrected chi connectivity index (χ0v) is 14.5. The topological polar surface area (TPSA) is 55.0 Å². The quantitative estimate of drug-likeness (QED) is 0.750. The van der Waals surface area contributed by atoms with E-state index >= 15 is 0 Å². The van der Waals surface area contributed by atoms with E-state index in [4.69, 9.17) is 16.3 Å². The van der Waals surface area contributed by atoms with E-state index in [1.807, 2.05) is 6.92 Å². The third kappa shape index (κ3) is 3.72. The number of aryl methyl sites for hydroxylation is 2. The lowest BCUT2D eigenvalue weighted by Gasteiger charge is -2.10. The Balaban J connectivity index is 1.80. The molecule has 0 aliphatic heterocycles. The molecule has 3 rings (SSSR count). The highest BCUT2D eigenvalue weighted by Gasteiger charge is 2.13. The van der Waals surface area contributed by atoms with Gasteiger partial charge in [0.1, 0.15) is 17.4 Å². The van der Waals surface area contributed by atoms with Crippen molar-refractivity contribution in [1.82, 2.24) is 9.97 Å². The van der Waals surface area contributed by atoms with Crippen LogP contribution in [0.2, 0.25) is 5.02 Å². The number of ether oxygens (including phenoxy) is 1. The van der Waals surface area contributed by atoms with Crippen molar-refractivity contribution >= 4 is 11.6 Å². The van der Waals surface area contributed by atoms with Gasteiger partial charge in [-0.15, -0.1) is 0 Å². The second-order valence-electron chi connectivity index (χ2n) is 5.69. The minimum Gasteiger partial charge on any atom is -0.473 e. The van der Waals surface area contributed by atoms with E-state index < -0.39 is 0 Å². The van der Waals surface area contributed by atoms with Gasteiger partial charge < -0.3 is 9.72 Å². The molecule has 25 heavy (non-hydrogen) atoms. The van der Waals surface area contributed by atoms with E-state index in [0.717, 1.165) is 11.3 Å². The molecule has 1 aromatic carbocycles. The van der Waals surface area contributed by atoms with Crippen molar-refractivity contribution in [2.45, 2.75) is 20.5 Å². The molecule has 4 nitrogen and oxygen atoms in total. The van der Waals surface area contributed by atoms with Crippen LogP contribution in [0.15, 0.2) is 47.4 Å². The molecule has 3 aromatic rings. The van der Waals surface area contributed by atoms with Gasteiger partial charge in [0.05, 0.1) is 5.56 Å². The van der Waals surface area contributed by atoms with Crippen molar-refractivity contribution in [1.29, 1.82) is 0 Å². The smallest absolute Gasteiger partial charge is 0.213 e. The Morgan fingerprint density at radius 2 is 1.84 bits per heavy atom. The number of nitrogens with one attached hydrogen (secondary N) is 1. The first-order chi connectivity index (χ1) is 12.0. The Kier molecular flexibility index (Phi) is 4.86. The van der Waals surface area contributed by atoms with Gasteiger partial charge in [0.25, 0.3) is 0 Å². The summed E-state index contributed by atoms with van der Waals surface area (Å²) in [5, 5.41) is 0.178. The minimum absolute atomic E-state index is 0.178. The molecule has 0 saturated carbocycles. The molecule has 0 aliphatic carbocycles. The fraction of sp³-hybridized carbons (Fsp3) is 0.158. The average Bonchev–Trinajstić information content (AvgIpc) is 2.60. The number of pyridine rings is 2. The van der Waals surface area contributed by atoms with Crippen LogP contribution in [-0.4, -0.2) is 9.97 Å². The van der Waals surface area contributed by atoms with E-state index in [1.54, 1.807) is 37.4 Å². The van der Waals surface area contributed by atoms with Gasteiger partial charge in [-0.1, -0.05) is 23.7 Å². The van der Waals surface area contributed by atoms with Crippen molar-refractivity contribution in [2.24, 2.45) is 0 Å². The SMILES string of the molecule is Cc1[nH]c(C)c(-c2ccc(OCc3ccc(F)cc3)nc2)c(=O)c1Cl. The standard InChI is InChI=1S/C19H16ClFN2O2/c1-11-17(19(24)18(20)12(2)23-11)14-5-8-16(22-9-14)25-10-13-3-6-15(21)7-4-13/h3-9H,10H2,1-2H3,(H,23,24). The van der Waals surface area contributed by atoms with Crippen LogP contribution in [-0.2, 0) is 6.61 Å².